The maximum atomic E-state index is 12.7. The van der Waals surface area contributed by atoms with Gasteiger partial charge >= 0.3 is 18.3 Å². The zero-order valence-electron chi connectivity index (χ0n) is 27.9. The summed E-state index contributed by atoms with van der Waals surface area (Å²) in [6.07, 6.45) is 8.66. The number of primary amides is 1. The second kappa shape index (κ2) is 20.8. The van der Waals surface area contributed by atoms with Gasteiger partial charge in [-0.05, 0) is 68.2 Å². The van der Waals surface area contributed by atoms with Crippen molar-refractivity contribution in [3.8, 4) is 0 Å². The molecule has 50 heavy (non-hydrogen) atoms. The molecule has 0 saturated heterocycles. The number of benzene rings is 2. The van der Waals surface area contributed by atoms with Crippen LogP contribution in [0.2, 0.25) is 0 Å². The SMILES string of the molecule is NC(=O)OCc1cccnc1.O=C(N[C@@H](Cc1ccccc1)[C@@H](O)C[C@H](Cc1ccccc1)NC(=O)OC1CCCC1)OCc1cccnc1. The Hall–Kier alpha value is -5.49. The van der Waals surface area contributed by atoms with Crippen molar-refractivity contribution in [2.24, 2.45) is 5.73 Å². The molecule has 2 aromatic heterocycles. The Kier molecular flexibility index (Phi) is 15.5. The van der Waals surface area contributed by atoms with Crippen LogP contribution >= 0.6 is 0 Å². The number of pyridine rings is 2. The van der Waals surface area contributed by atoms with Gasteiger partial charge in [-0.15, -0.1) is 0 Å². The molecule has 1 aliphatic rings. The minimum Gasteiger partial charge on any atom is -0.446 e. The number of aliphatic hydroxyl groups excluding tert-OH is 1. The first-order chi connectivity index (χ1) is 24.3. The molecule has 0 spiro atoms. The Labute approximate surface area is 292 Å². The van der Waals surface area contributed by atoms with Gasteiger partial charge in [0.15, 0.2) is 0 Å². The normalized spacial score (nSPS) is 14.2. The van der Waals surface area contributed by atoms with Crippen LogP contribution in [0.5, 0.6) is 0 Å². The van der Waals surface area contributed by atoms with Crippen LogP contribution in [0.4, 0.5) is 14.4 Å². The van der Waals surface area contributed by atoms with Crippen molar-refractivity contribution in [1.29, 1.82) is 0 Å². The Balaban J connectivity index is 0.000000435. The van der Waals surface area contributed by atoms with E-state index in [0.717, 1.165) is 47.9 Å². The molecule has 4 aromatic rings. The summed E-state index contributed by atoms with van der Waals surface area (Å²) in [6.45, 7) is 0.252. The molecule has 2 heterocycles. The predicted molar refractivity (Wildman–Crippen MR) is 187 cm³/mol. The van der Waals surface area contributed by atoms with E-state index < -0.39 is 36.5 Å². The van der Waals surface area contributed by atoms with E-state index in [1.54, 1.807) is 43.0 Å². The second-order valence-electron chi connectivity index (χ2n) is 12.0. The first-order valence-corrected chi connectivity index (χ1v) is 16.7. The topological polar surface area (TPSA) is 175 Å². The lowest BCUT2D eigenvalue weighted by atomic mass is 9.94. The highest BCUT2D eigenvalue weighted by atomic mass is 16.6. The van der Waals surface area contributed by atoms with Gasteiger partial charge in [0.25, 0.3) is 0 Å². The molecular formula is C38H45N5O7. The number of nitrogens with two attached hydrogens (primary N) is 1. The average molecular weight is 684 g/mol. The summed E-state index contributed by atoms with van der Waals surface area (Å²) in [7, 11) is 0. The molecule has 3 atom stereocenters. The summed E-state index contributed by atoms with van der Waals surface area (Å²) in [5.74, 6) is 0. The van der Waals surface area contributed by atoms with Crippen molar-refractivity contribution >= 4 is 18.3 Å². The summed E-state index contributed by atoms with van der Waals surface area (Å²) in [4.78, 5) is 43.5. The Morgan fingerprint density at radius 2 is 1.26 bits per heavy atom. The van der Waals surface area contributed by atoms with Crippen molar-refractivity contribution < 1.29 is 33.7 Å². The molecule has 2 aromatic carbocycles. The highest BCUT2D eigenvalue weighted by Crippen LogP contribution is 2.21. The number of rotatable bonds is 14. The van der Waals surface area contributed by atoms with Gasteiger partial charge in [0, 0.05) is 42.0 Å². The van der Waals surface area contributed by atoms with Gasteiger partial charge in [-0.25, -0.2) is 14.4 Å². The number of alkyl carbamates (subject to hydrolysis) is 2. The molecule has 1 aliphatic carbocycles. The van der Waals surface area contributed by atoms with Crippen molar-refractivity contribution in [3.05, 3.63) is 132 Å². The van der Waals surface area contributed by atoms with Crippen molar-refractivity contribution in [2.75, 3.05) is 0 Å². The first kappa shape index (κ1) is 37.3. The third-order valence-corrected chi connectivity index (χ3v) is 8.01. The lowest BCUT2D eigenvalue weighted by molar-refractivity contribution is 0.0791. The Bertz CT molecular complexity index is 1560. The molecule has 5 N–H and O–H groups in total. The van der Waals surface area contributed by atoms with E-state index in [2.05, 4.69) is 25.3 Å². The molecule has 3 amide bonds. The molecule has 12 heteroatoms. The fourth-order valence-electron chi connectivity index (χ4n) is 5.52. The van der Waals surface area contributed by atoms with E-state index >= 15 is 0 Å². The van der Waals surface area contributed by atoms with Crippen molar-refractivity contribution in [1.82, 2.24) is 20.6 Å². The molecule has 264 valence electrons. The number of nitrogens with one attached hydrogen (secondary N) is 2. The van der Waals surface area contributed by atoms with Gasteiger partial charge in [0.1, 0.15) is 19.3 Å². The third kappa shape index (κ3) is 14.3. The fraction of sp³-hybridized carbons (Fsp3) is 0.342. The minimum atomic E-state index is -0.961. The van der Waals surface area contributed by atoms with Gasteiger partial charge in [0.05, 0.1) is 12.1 Å². The third-order valence-electron chi connectivity index (χ3n) is 8.01. The van der Waals surface area contributed by atoms with E-state index in [4.69, 9.17) is 15.2 Å². The zero-order chi connectivity index (χ0) is 35.4. The quantitative estimate of drug-likeness (QED) is 0.123. The van der Waals surface area contributed by atoms with E-state index in [1.807, 2.05) is 66.7 Å². The largest absolute Gasteiger partial charge is 0.446 e. The monoisotopic (exact) mass is 683 g/mol. The van der Waals surface area contributed by atoms with E-state index in [1.165, 1.54) is 0 Å². The fourth-order valence-corrected chi connectivity index (χ4v) is 5.52. The number of hydrogen-bond donors (Lipinski definition) is 4. The van der Waals surface area contributed by atoms with Crippen LogP contribution in [0, 0.1) is 0 Å². The Morgan fingerprint density at radius 1 is 0.720 bits per heavy atom. The van der Waals surface area contributed by atoms with Gasteiger partial charge in [-0.2, -0.15) is 0 Å². The minimum absolute atomic E-state index is 0.0608. The summed E-state index contributed by atoms with van der Waals surface area (Å²) in [5.41, 5.74) is 8.34. The molecule has 0 bridgehead atoms. The number of amides is 3. The standard InChI is InChI=1S/C31H37N3O5.C7H8N2O2/c35-29(20-26(18-23-10-3-1-4-11-23)33-31(37)39-27-15-7-8-16-27)28(19-24-12-5-2-6-13-24)34-30(36)38-22-25-14-9-17-32-21-25;8-7(10)11-5-6-2-1-3-9-4-6/h1-6,9-14,17,21,26-29,35H,7-8,15-16,18-20,22H2,(H,33,37)(H,34,36);1-4H,5H2,(H2,8,10)/t26-,28-,29-;/m0./s1. The van der Waals surface area contributed by atoms with Gasteiger partial charge in [0.2, 0.25) is 0 Å². The smallest absolute Gasteiger partial charge is 0.407 e. The first-order valence-electron chi connectivity index (χ1n) is 16.7. The van der Waals surface area contributed by atoms with Gasteiger partial charge in [-0.1, -0.05) is 72.8 Å². The number of aromatic nitrogens is 2. The molecule has 0 unspecified atom stereocenters. The van der Waals surface area contributed by atoms with E-state index in [0.29, 0.717) is 12.8 Å². The highest BCUT2D eigenvalue weighted by molar-refractivity contribution is 5.68. The number of carbonyl (C=O) groups is 3. The number of ether oxygens (including phenoxy) is 3. The predicted octanol–water partition coefficient (Wildman–Crippen LogP) is 5.63. The number of hydrogen-bond acceptors (Lipinski definition) is 9. The van der Waals surface area contributed by atoms with E-state index in [9.17, 15) is 19.5 Å². The maximum Gasteiger partial charge on any atom is 0.407 e. The van der Waals surface area contributed by atoms with Crippen molar-refractivity contribution in [3.63, 3.8) is 0 Å². The molecule has 1 fully saturated rings. The number of nitrogens with zero attached hydrogens (tertiary/aromatic N) is 2. The van der Waals surface area contributed by atoms with Crippen LogP contribution in [0.1, 0.15) is 54.4 Å². The number of aliphatic hydroxyl groups is 1. The van der Waals surface area contributed by atoms with Gasteiger partial charge in [-0.3, -0.25) is 9.97 Å². The lowest BCUT2D eigenvalue weighted by Gasteiger charge is -2.28. The molecular weight excluding hydrogens is 638 g/mol. The summed E-state index contributed by atoms with van der Waals surface area (Å²) < 4.78 is 15.6. The molecule has 12 nitrogen and oxygen atoms in total. The maximum absolute atomic E-state index is 12.7. The summed E-state index contributed by atoms with van der Waals surface area (Å²) in [5, 5.41) is 17.2. The second-order valence-corrected chi connectivity index (χ2v) is 12.0. The van der Waals surface area contributed by atoms with Crippen LogP contribution in [-0.2, 0) is 40.3 Å². The highest BCUT2D eigenvalue weighted by Gasteiger charge is 2.28. The van der Waals surface area contributed by atoms with E-state index in [-0.39, 0.29) is 25.7 Å². The zero-order valence-corrected chi connectivity index (χ0v) is 27.9. The summed E-state index contributed by atoms with van der Waals surface area (Å²) >= 11 is 0. The van der Waals surface area contributed by atoms with Crippen LogP contribution in [-0.4, -0.2) is 57.6 Å². The average Bonchev–Trinajstić information content (AvgIpc) is 3.64. The molecule has 0 radical (unpaired) electrons. The summed E-state index contributed by atoms with van der Waals surface area (Å²) in [6, 6.07) is 25.5. The van der Waals surface area contributed by atoms with Crippen LogP contribution < -0.4 is 16.4 Å². The molecule has 0 aliphatic heterocycles. The lowest BCUT2D eigenvalue weighted by Crippen LogP contribution is -2.49. The number of carbonyl (C=O) groups excluding carboxylic acids is 3. The van der Waals surface area contributed by atoms with Crippen LogP contribution in [0.3, 0.4) is 0 Å². The molecule has 1 saturated carbocycles. The van der Waals surface area contributed by atoms with Crippen LogP contribution in [0.25, 0.3) is 0 Å². The van der Waals surface area contributed by atoms with Crippen LogP contribution in [0.15, 0.2) is 110 Å². The van der Waals surface area contributed by atoms with Crippen molar-refractivity contribution in [2.45, 2.75) is 82.5 Å². The van der Waals surface area contributed by atoms with Gasteiger partial charge < -0.3 is 35.7 Å². The molecule has 5 rings (SSSR count). The Morgan fingerprint density at radius 3 is 1.80 bits per heavy atom.